The van der Waals surface area contributed by atoms with E-state index in [-0.39, 0.29) is 11.8 Å². The summed E-state index contributed by atoms with van der Waals surface area (Å²) < 4.78 is 0. The zero-order valence-corrected chi connectivity index (χ0v) is 17.4. The predicted octanol–water partition coefficient (Wildman–Crippen LogP) is 4.12. The van der Waals surface area contributed by atoms with Gasteiger partial charge in [0.2, 0.25) is 11.8 Å². The summed E-state index contributed by atoms with van der Waals surface area (Å²) in [6, 6.07) is 17.5. The fourth-order valence-electron chi connectivity index (χ4n) is 3.07. The van der Waals surface area contributed by atoms with Crippen molar-refractivity contribution in [1.29, 1.82) is 0 Å². The topological polar surface area (TPSA) is 49.4 Å². The minimum absolute atomic E-state index is 0.0128. The Bertz CT molecular complexity index is 754. The Morgan fingerprint density at radius 2 is 1.61 bits per heavy atom. The van der Waals surface area contributed by atoms with Crippen LogP contribution in [-0.2, 0) is 22.6 Å². The summed E-state index contributed by atoms with van der Waals surface area (Å²) in [4.78, 5) is 27.6. The van der Waals surface area contributed by atoms with E-state index in [9.17, 15) is 9.59 Å². The van der Waals surface area contributed by atoms with E-state index in [4.69, 9.17) is 0 Å². The van der Waals surface area contributed by atoms with Gasteiger partial charge in [0.15, 0.2) is 0 Å². The Morgan fingerprint density at radius 3 is 2.18 bits per heavy atom. The van der Waals surface area contributed by atoms with Gasteiger partial charge in [-0.25, -0.2) is 0 Å². The van der Waals surface area contributed by atoms with Gasteiger partial charge in [-0.15, -0.1) is 0 Å². The second-order valence-corrected chi connectivity index (χ2v) is 7.71. The Morgan fingerprint density at radius 1 is 0.964 bits per heavy atom. The first-order chi connectivity index (χ1) is 13.4. The van der Waals surface area contributed by atoms with Crippen LogP contribution in [0.25, 0.3) is 0 Å². The molecule has 4 nitrogen and oxygen atoms in total. The highest BCUT2D eigenvalue weighted by Gasteiger charge is 2.29. The molecule has 0 aliphatic rings. The van der Waals surface area contributed by atoms with Crippen molar-refractivity contribution < 1.29 is 9.59 Å². The van der Waals surface area contributed by atoms with Crippen molar-refractivity contribution in [3.63, 3.8) is 0 Å². The second kappa shape index (κ2) is 10.6. The van der Waals surface area contributed by atoms with Gasteiger partial charge < -0.3 is 10.2 Å². The number of carbonyl (C=O) groups excluding carboxylic acids is 2. The normalized spacial score (nSPS) is 11.9. The fraction of sp³-hybridized carbons (Fsp3) is 0.417. The van der Waals surface area contributed by atoms with Gasteiger partial charge in [0.25, 0.3) is 0 Å². The molecule has 0 unspecified atom stereocenters. The zero-order chi connectivity index (χ0) is 20.5. The summed E-state index contributed by atoms with van der Waals surface area (Å²) in [6.07, 6.45) is 0.872. The maximum atomic E-state index is 13.1. The van der Waals surface area contributed by atoms with Gasteiger partial charge in [0.1, 0.15) is 6.04 Å². The van der Waals surface area contributed by atoms with Gasteiger partial charge in [-0.3, -0.25) is 9.59 Å². The molecular weight excluding hydrogens is 348 g/mol. The summed E-state index contributed by atoms with van der Waals surface area (Å²) in [6.45, 7) is 9.04. The first-order valence-electron chi connectivity index (χ1n) is 10.1. The van der Waals surface area contributed by atoms with Crippen molar-refractivity contribution in [1.82, 2.24) is 10.2 Å². The van der Waals surface area contributed by atoms with Crippen LogP contribution < -0.4 is 5.32 Å². The molecule has 4 heteroatoms. The van der Waals surface area contributed by atoms with Gasteiger partial charge in [-0.2, -0.15) is 0 Å². The highest BCUT2D eigenvalue weighted by Crippen LogP contribution is 2.16. The maximum absolute atomic E-state index is 13.1. The molecule has 0 radical (unpaired) electrons. The summed E-state index contributed by atoms with van der Waals surface area (Å²) in [5, 5.41) is 3.02. The number of benzene rings is 2. The van der Waals surface area contributed by atoms with Crippen molar-refractivity contribution in [3.05, 3.63) is 71.3 Å². The number of hydrogen-bond acceptors (Lipinski definition) is 2. The largest absolute Gasteiger partial charge is 0.354 e. The van der Waals surface area contributed by atoms with Gasteiger partial charge in [-0.1, -0.05) is 80.9 Å². The molecule has 150 valence electrons. The summed E-state index contributed by atoms with van der Waals surface area (Å²) in [5.74, 6) is 0.251. The summed E-state index contributed by atoms with van der Waals surface area (Å²) in [5.41, 5.74) is 3.25. The molecule has 2 rings (SSSR count). The minimum atomic E-state index is -0.532. The number of rotatable bonds is 9. The van der Waals surface area contributed by atoms with E-state index in [0.29, 0.717) is 31.8 Å². The van der Waals surface area contributed by atoms with Crippen LogP contribution in [0.15, 0.2) is 54.6 Å². The monoisotopic (exact) mass is 380 g/mol. The third-order valence-corrected chi connectivity index (χ3v) is 4.73. The van der Waals surface area contributed by atoms with Crippen LogP contribution in [0, 0.1) is 12.8 Å². The van der Waals surface area contributed by atoms with E-state index in [1.54, 1.807) is 4.90 Å². The van der Waals surface area contributed by atoms with Crippen molar-refractivity contribution in [2.75, 3.05) is 6.54 Å². The lowest BCUT2D eigenvalue weighted by Crippen LogP contribution is -2.50. The third kappa shape index (κ3) is 6.52. The van der Waals surface area contributed by atoms with Crippen LogP contribution in [0.4, 0.5) is 0 Å². The standard InChI is InChI=1S/C24H32N2O2/c1-5-23(27)26(17-21-13-11-19(4)12-14-21)22(24(28)25-16-18(2)3)15-20-9-7-6-8-10-20/h6-14,18,22H,5,15-17H2,1-4H3,(H,25,28)/t22-/m0/s1. The van der Waals surface area contributed by atoms with Gasteiger partial charge in [-0.05, 0) is 24.0 Å². The van der Waals surface area contributed by atoms with E-state index < -0.39 is 6.04 Å². The van der Waals surface area contributed by atoms with Crippen LogP contribution in [0.1, 0.15) is 43.9 Å². The number of carbonyl (C=O) groups is 2. The first kappa shape index (κ1) is 21.7. The SMILES string of the molecule is CCC(=O)N(Cc1ccc(C)cc1)[C@@H](Cc1ccccc1)C(=O)NCC(C)C. The Balaban J connectivity index is 2.31. The molecule has 0 aliphatic heterocycles. The lowest BCUT2D eigenvalue weighted by Gasteiger charge is -2.31. The number of nitrogens with one attached hydrogen (secondary N) is 1. The van der Waals surface area contributed by atoms with E-state index in [2.05, 4.69) is 19.2 Å². The highest BCUT2D eigenvalue weighted by molar-refractivity contribution is 5.87. The number of nitrogens with zero attached hydrogens (tertiary/aromatic N) is 1. The molecular formula is C24H32N2O2. The van der Waals surface area contributed by atoms with E-state index in [1.165, 1.54) is 5.56 Å². The molecule has 1 N–H and O–H groups in total. The van der Waals surface area contributed by atoms with Gasteiger partial charge in [0, 0.05) is 25.9 Å². The van der Waals surface area contributed by atoms with E-state index >= 15 is 0 Å². The summed E-state index contributed by atoms with van der Waals surface area (Å²) in [7, 11) is 0. The first-order valence-corrected chi connectivity index (χ1v) is 10.1. The third-order valence-electron chi connectivity index (χ3n) is 4.73. The maximum Gasteiger partial charge on any atom is 0.243 e. The molecule has 0 aromatic heterocycles. The van der Waals surface area contributed by atoms with E-state index in [0.717, 1.165) is 11.1 Å². The van der Waals surface area contributed by atoms with Crippen molar-refractivity contribution >= 4 is 11.8 Å². The molecule has 2 amide bonds. The quantitative estimate of drug-likeness (QED) is 0.711. The Hall–Kier alpha value is -2.62. The lowest BCUT2D eigenvalue weighted by molar-refractivity contribution is -0.141. The average Bonchev–Trinajstić information content (AvgIpc) is 2.70. The number of aryl methyl sites for hydroxylation is 1. The molecule has 0 saturated carbocycles. The second-order valence-electron chi connectivity index (χ2n) is 7.71. The van der Waals surface area contributed by atoms with Crippen LogP contribution in [0.2, 0.25) is 0 Å². The molecule has 0 fully saturated rings. The number of hydrogen-bond donors (Lipinski definition) is 1. The van der Waals surface area contributed by atoms with Crippen molar-refractivity contribution in [3.8, 4) is 0 Å². The Kier molecular flexibility index (Phi) is 8.24. The zero-order valence-electron chi connectivity index (χ0n) is 17.4. The lowest BCUT2D eigenvalue weighted by atomic mass is 10.0. The molecule has 1 atom stereocenters. The molecule has 0 saturated heterocycles. The average molecular weight is 381 g/mol. The molecule has 0 spiro atoms. The molecule has 2 aromatic carbocycles. The minimum Gasteiger partial charge on any atom is -0.354 e. The fourth-order valence-corrected chi connectivity index (χ4v) is 3.07. The molecule has 2 aromatic rings. The number of amides is 2. The smallest absolute Gasteiger partial charge is 0.243 e. The van der Waals surface area contributed by atoms with Gasteiger partial charge >= 0.3 is 0 Å². The van der Waals surface area contributed by atoms with Crippen molar-refractivity contribution in [2.24, 2.45) is 5.92 Å². The van der Waals surface area contributed by atoms with Crippen molar-refractivity contribution in [2.45, 2.75) is 53.1 Å². The molecule has 0 heterocycles. The molecule has 28 heavy (non-hydrogen) atoms. The predicted molar refractivity (Wildman–Crippen MR) is 114 cm³/mol. The van der Waals surface area contributed by atoms with Crippen LogP contribution in [0.5, 0.6) is 0 Å². The summed E-state index contributed by atoms with van der Waals surface area (Å²) >= 11 is 0. The van der Waals surface area contributed by atoms with Gasteiger partial charge in [0.05, 0.1) is 0 Å². The van der Waals surface area contributed by atoms with E-state index in [1.807, 2.05) is 68.4 Å². The molecule has 0 aliphatic carbocycles. The van der Waals surface area contributed by atoms with Crippen LogP contribution >= 0.6 is 0 Å². The molecule has 0 bridgehead atoms. The highest BCUT2D eigenvalue weighted by atomic mass is 16.2. The van der Waals surface area contributed by atoms with Crippen LogP contribution in [0.3, 0.4) is 0 Å². The Labute approximate surface area is 169 Å². The van der Waals surface area contributed by atoms with Crippen LogP contribution in [-0.4, -0.2) is 29.3 Å².